The standard InChI is InChI=1S/C36H22Br2N2S2/c1-19-3-9-23(10-4-19)39-29-17-28-30(18-27(29)35-33(39)25-13-7-21(37)15-31(25)41-35)40(24-11-5-20(2)6-12-24)34-26-14-8-22(38)16-32(26)42-36(28)34/h3-18H,1-2H3. The summed E-state index contributed by atoms with van der Waals surface area (Å²) in [6.07, 6.45) is 0. The van der Waals surface area contributed by atoms with Gasteiger partial charge in [-0.05, 0) is 74.5 Å². The van der Waals surface area contributed by atoms with E-state index in [4.69, 9.17) is 0 Å². The van der Waals surface area contributed by atoms with Gasteiger partial charge in [-0.15, -0.1) is 22.7 Å². The molecule has 0 spiro atoms. The molecule has 0 N–H and O–H groups in total. The van der Waals surface area contributed by atoms with Gasteiger partial charge in [-0.25, -0.2) is 0 Å². The number of thiophene rings is 2. The van der Waals surface area contributed by atoms with Crippen molar-refractivity contribution in [3.05, 3.63) is 117 Å². The highest BCUT2D eigenvalue weighted by Gasteiger charge is 2.23. The highest BCUT2D eigenvalue weighted by molar-refractivity contribution is 9.10. The fourth-order valence-corrected chi connectivity index (χ4v) is 9.93. The summed E-state index contributed by atoms with van der Waals surface area (Å²) in [4.78, 5) is 0. The number of aromatic nitrogens is 2. The lowest BCUT2D eigenvalue weighted by Crippen LogP contribution is -1.95. The molecule has 0 saturated heterocycles. The average Bonchev–Trinajstić information content (AvgIpc) is 3.69. The van der Waals surface area contributed by atoms with Crippen molar-refractivity contribution < 1.29 is 0 Å². The molecule has 0 saturated carbocycles. The molecule has 202 valence electrons. The number of aryl methyl sites for hydroxylation is 2. The maximum absolute atomic E-state index is 3.71. The minimum absolute atomic E-state index is 1.11. The Kier molecular flexibility index (Phi) is 5.41. The molecule has 4 heterocycles. The molecular weight excluding hydrogens is 684 g/mol. The van der Waals surface area contributed by atoms with Crippen LogP contribution in [-0.4, -0.2) is 9.13 Å². The highest BCUT2D eigenvalue weighted by atomic mass is 79.9. The number of fused-ring (bicyclic) bond motifs is 10. The van der Waals surface area contributed by atoms with Gasteiger partial charge in [-0.1, -0.05) is 79.4 Å². The minimum atomic E-state index is 1.11. The van der Waals surface area contributed by atoms with E-state index in [-0.39, 0.29) is 0 Å². The van der Waals surface area contributed by atoms with Crippen LogP contribution in [0.1, 0.15) is 11.1 Å². The molecule has 0 unspecified atom stereocenters. The lowest BCUT2D eigenvalue weighted by atomic mass is 10.1. The molecule has 0 aliphatic heterocycles. The van der Waals surface area contributed by atoms with Crippen molar-refractivity contribution in [1.82, 2.24) is 9.13 Å². The van der Waals surface area contributed by atoms with Gasteiger partial charge >= 0.3 is 0 Å². The lowest BCUT2D eigenvalue weighted by molar-refractivity contribution is 1.18. The highest BCUT2D eigenvalue weighted by Crippen LogP contribution is 2.48. The summed E-state index contributed by atoms with van der Waals surface area (Å²) in [7, 11) is 0. The summed E-state index contributed by atoms with van der Waals surface area (Å²) < 4.78 is 12.4. The first-order valence-electron chi connectivity index (χ1n) is 13.8. The molecule has 2 nitrogen and oxygen atoms in total. The van der Waals surface area contributed by atoms with Crippen LogP contribution in [0, 0.1) is 13.8 Å². The number of halogens is 2. The molecule has 0 atom stereocenters. The Labute approximate surface area is 266 Å². The van der Waals surface area contributed by atoms with Gasteiger partial charge in [0.1, 0.15) is 0 Å². The first-order valence-corrected chi connectivity index (χ1v) is 17.0. The van der Waals surface area contributed by atoms with Crippen LogP contribution in [0.25, 0.3) is 73.8 Å². The predicted octanol–water partition coefficient (Wildman–Crippen LogP) is 12.5. The van der Waals surface area contributed by atoms with Crippen molar-refractivity contribution in [3.8, 4) is 11.4 Å². The van der Waals surface area contributed by atoms with E-state index in [0.717, 1.165) is 8.95 Å². The summed E-state index contributed by atoms with van der Waals surface area (Å²) in [6.45, 7) is 4.30. The Bertz CT molecular complexity index is 2360. The molecular formula is C36H22Br2N2S2. The zero-order valence-corrected chi connectivity index (χ0v) is 27.5. The normalized spacial score (nSPS) is 12.3. The molecule has 0 amide bonds. The second kappa shape index (κ2) is 9.04. The number of rotatable bonds is 2. The van der Waals surface area contributed by atoms with Crippen LogP contribution in [0.4, 0.5) is 0 Å². The van der Waals surface area contributed by atoms with Crippen LogP contribution in [0.2, 0.25) is 0 Å². The van der Waals surface area contributed by atoms with Crippen molar-refractivity contribution in [2.75, 3.05) is 0 Å². The van der Waals surface area contributed by atoms with Crippen molar-refractivity contribution in [3.63, 3.8) is 0 Å². The third-order valence-electron chi connectivity index (χ3n) is 8.37. The fraction of sp³-hybridized carbons (Fsp3) is 0.0556. The van der Waals surface area contributed by atoms with Gasteiger partial charge in [0.15, 0.2) is 0 Å². The molecule has 42 heavy (non-hydrogen) atoms. The topological polar surface area (TPSA) is 9.86 Å². The molecule has 0 aliphatic carbocycles. The van der Waals surface area contributed by atoms with E-state index in [0.29, 0.717) is 0 Å². The molecule has 5 aromatic carbocycles. The summed E-state index contributed by atoms with van der Waals surface area (Å²) in [5.41, 5.74) is 9.98. The zero-order valence-electron chi connectivity index (χ0n) is 22.7. The molecule has 0 bridgehead atoms. The third kappa shape index (κ3) is 3.53. The van der Waals surface area contributed by atoms with Crippen molar-refractivity contribution in [2.45, 2.75) is 13.8 Å². The van der Waals surface area contributed by atoms with Gasteiger partial charge in [0.25, 0.3) is 0 Å². The smallest absolute Gasteiger partial charge is 0.0727 e. The van der Waals surface area contributed by atoms with Gasteiger partial charge in [-0.3, -0.25) is 0 Å². The summed E-state index contributed by atoms with van der Waals surface area (Å²) >= 11 is 11.2. The first kappa shape index (κ1) is 25.1. The van der Waals surface area contributed by atoms with Gasteiger partial charge in [-0.2, -0.15) is 0 Å². The van der Waals surface area contributed by atoms with Crippen LogP contribution in [-0.2, 0) is 0 Å². The Hall–Kier alpha value is -3.42. The zero-order chi connectivity index (χ0) is 28.3. The van der Waals surface area contributed by atoms with Gasteiger partial charge in [0, 0.05) is 51.3 Å². The second-order valence-electron chi connectivity index (χ2n) is 11.1. The minimum Gasteiger partial charge on any atom is -0.308 e. The third-order valence-corrected chi connectivity index (χ3v) is 11.7. The van der Waals surface area contributed by atoms with Crippen LogP contribution < -0.4 is 0 Å². The molecule has 0 aliphatic rings. The SMILES string of the molecule is Cc1ccc(-n2c3cc4c5sc6cc(Br)ccc6c5n(-c5ccc(C)cc5)c4cc3c3sc4cc(Br)ccc4c32)cc1. The van der Waals surface area contributed by atoms with Crippen LogP contribution in [0.15, 0.2) is 106 Å². The second-order valence-corrected chi connectivity index (χ2v) is 15.0. The molecule has 0 radical (unpaired) electrons. The number of hydrogen-bond acceptors (Lipinski definition) is 2. The molecule has 9 rings (SSSR count). The van der Waals surface area contributed by atoms with Crippen molar-refractivity contribution in [2.24, 2.45) is 0 Å². The Morgan fingerprint density at radius 3 is 1.29 bits per heavy atom. The van der Waals surface area contributed by atoms with Gasteiger partial charge < -0.3 is 9.13 Å². The number of benzene rings is 5. The van der Waals surface area contributed by atoms with Crippen LogP contribution >= 0.6 is 54.5 Å². The number of hydrogen-bond donors (Lipinski definition) is 0. The van der Waals surface area contributed by atoms with Crippen molar-refractivity contribution in [1.29, 1.82) is 0 Å². The van der Waals surface area contributed by atoms with E-state index in [2.05, 4.69) is 152 Å². The summed E-state index contributed by atoms with van der Waals surface area (Å²) in [6, 6.07) is 36.1. The van der Waals surface area contributed by atoms with E-state index >= 15 is 0 Å². The Balaban J connectivity index is 1.50. The average molecular weight is 707 g/mol. The van der Waals surface area contributed by atoms with E-state index in [1.165, 1.54) is 84.9 Å². The molecule has 0 fully saturated rings. The van der Waals surface area contributed by atoms with E-state index in [9.17, 15) is 0 Å². The molecule has 9 aromatic rings. The van der Waals surface area contributed by atoms with Gasteiger partial charge in [0.05, 0.1) is 31.5 Å². The Morgan fingerprint density at radius 1 is 0.476 bits per heavy atom. The molecule has 6 heteroatoms. The summed E-state index contributed by atoms with van der Waals surface area (Å²) in [5.74, 6) is 0. The first-order chi connectivity index (χ1) is 20.4. The number of nitrogens with zero attached hydrogens (tertiary/aromatic N) is 2. The maximum atomic E-state index is 3.71. The predicted molar refractivity (Wildman–Crippen MR) is 191 cm³/mol. The van der Waals surface area contributed by atoms with E-state index in [1.807, 2.05) is 22.7 Å². The van der Waals surface area contributed by atoms with Crippen LogP contribution in [0.5, 0.6) is 0 Å². The van der Waals surface area contributed by atoms with Crippen molar-refractivity contribution >= 4 is 117 Å². The van der Waals surface area contributed by atoms with E-state index < -0.39 is 0 Å². The fourth-order valence-electron chi connectivity index (χ4n) is 6.40. The lowest BCUT2D eigenvalue weighted by Gasteiger charge is -2.10. The Morgan fingerprint density at radius 2 is 0.881 bits per heavy atom. The maximum Gasteiger partial charge on any atom is 0.0727 e. The van der Waals surface area contributed by atoms with Gasteiger partial charge in [0.2, 0.25) is 0 Å². The monoisotopic (exact) mass is 704 g/mol. The largest absolute Gasteiger partial charge is 0.308 e. The summed E-state index contributed by atoms with van der Waals surface area (Å²) in [5, 5.41) is 5.16. The van der Waals surface area contributed by atoms with Crippen LogP contribution in [0.3, 0.4) is 0 Å². The quantitative estimate of drug-likeness (QED) is 0.169. The molecule has 4 aromatic heterocycles. The van der Waals surface area contributed by atoms with E-state index in [1.54, 1.807) is 0 Å².